The molecule has 1 saturated carbocycles. The van der Waals surface area contributed by atoms with Gasteiger partial charge in [0.1, 0.15) is 0 Å². The van der Waals surface area contributed by atoms with Gasteiger partial charge in [0.2, 0.25) is 0 Å². The smallest absolute Gasteiger partial charge is 0.317 e. The fraction of sp³-hybridized carbons (Fsp3) is 0.706. The summed E-state index contributed by atoms with van der Waals surface area (Å²) in [4.78, 5) is 27.1. The van der Waals surface area contributed by atoms with E-state index in [1.54, 1.807) is 0 Å². The summed E-state index contributed by atoms with van der Waals surface area (Å²) in [5.41, 5.74) is 1.13. The molecule has 1 atom stereocenters. The first-order valence-corrected chi connectivity index (χ1v) is 8.98. The number of aromatic nitrogens is 2. The minimum atomic E-state index is -0.800. The molecule has 1 aromatic rings. The number of urea groups is 1. The number of aryl methyl sites for hydroxylation is 1. The highest BCUT2D eigenvalue weighted by atomic mass is 16.4. The van der Waals surface area contributed by atoms with Crippen LogP contribution < -0.4 is 5.32 Å². The number of nitrogens with zero attached hydrogens (tertiary/aromatic N) is 4. The van der Waals surface area contributed by atoms with Crippen LogP contribution in [0.5, 0.6) is 0 Å². The van der Waals surface area contributed by atoms with Crippen molar-refractivity contribution in [3.05, 3.63) is 18.0 Å². The molecular weight excluding hydrogens is 322 g/mol. The fourth-order valence-electron chi connectivity index (χ4n) is 3.72. The zero-order valence-corrected chi connectivity index (χ0v) is 14.9. The van der Waals surface area contributed by atoms with E-state index in [4.69, 9.17) is 5.11 Å². The van der Waals surface area contributed by atoms with Gasteiger partial charge in [-0.1, -0.05) is 6.92 Å². The van der Waals surface area contributed by atoms with Gasteiger partial charge in [0.25, 0.3) is 0 Å². The fourth-order valence-corrected chi connectivity index (χ4v) is 3.72. The second-order valence-electron chi connectivity index (χ2n) is 7.11. The Morgan fingerprint density at radius 2 is 2.20 bits per heavy atom. The number of carbonyl (C=O) groups excluding carboxylic acids is 1. The van der Waals surface area contributed by atoms with E-state index in [1.165, 1.54) is 0 Å². The molecule has 1 unspecified atom stereocenters. The molecule has 2 amide bonds. The van der Waals surface area contributed by atoms with Crippen LogP contribution in [0.2, 0.25) is 0 Å². The summed E-state index contributed by atoms with van der Waals surface area (Å²) in [7, 11) is 0. The van der Waals surface area contributed by atoms with Crippen molar-refractivity contribution in [3.63, 3.8) is 0 Å². The predicted molar refractivity (Wildman–Crippen MR) is 92.4 cm³/mol. The molecule has 1 aliphatic carbocycles. The van der Waals surface area contributed by atoms with Crippen molar-refractivity contribution in [2.24, 2.45) is 0 Å². The third-order valence-electron chi connectivity index (χ3n) is 5.26. The highest BCUT2D eigenvalue weighted by molar-refractivity contribution is 5.75. The Morgan fingerprint density at radius 3 is 2.80 bits per heavy atom. The molecule has 2 fully saturated rings. The zero-order chi connectivity index (χ0) is 18.0. The molecule has 1 saturated heterocycles. The molecule has 1 aliphatic heterocycles. The Morgan fingerprint density at radius 1 is 1.44 bits per heavy atom. The van der Waals surface area contributed by atoms with E-state index < -0.39 is 5.97 Å². The van der Waals surface area contributed by atoms with E-state index in [0.717, 1.165) is 31.4 Å². The van der Waals surface area contributed by atoms with Gasteiger partial charge in [-0.3, -0.25) is 14.4 Å². The van der Waals surface area contributed by atoms with Gasteiger partial charge in [-0.2, -0.15) is 5.10 Å². The quantitative estimate of drug-likeness (QED) is 0.802. The van der Waals surface area contributed by atoms with Gasteiger partial charge >= 0.3 is 12.0 Å². The first kappa shape index (κ1) is 17.7. The summed E-state index contributed by atoms with van der Waals surface area (Å²) in [6.45, 7) is 6.19. The highest BCUT2D eigenvalue weighted by Gasteiger charge is 2.36. The highest BCUT2D eigenvalue weighted by Crippen LogP contribution is 2.27. The molecular formula is C17H27N5O3. The van der Waals surface area contributed by atoms with Crippen molar-refractivity contribution >= 4 is 12.0 Å². The van der Waals surface area contributed by atoms with Crippen LogP contribution in [-0.4, -0.2) is 74.9 Å². The molecule has 0 radical (unpaired) electrons. The molecule has 138 valence electrons. The van der Waals surface area contributed by atoms with Crippen LogP contribution in [-0.2, 0) is 4.79 Å². The van der Waals surface area contributed by atoms with Gasteiger partial charge in [-0.15, -0.1) is 0 Å². The van der Waals surface area contributed by atoms with Crippen LogP contribution >= 0.6 is 0 Å². The Labute approximate surface area is 147 Å². The minimum absolute atomic E-state index is 0.0175. The van der Waals surface area contributed by atoms with Gasteiger partial charge in [-0.25, -0.2) is 4.79 Å². The Hall–Kier alpha value is -2.09. The number of carboxylic acids is 1. The third kappa shape index (κ3) is 4.12. The lowest BCUT2D eigenvalue weighted by molar-refractivity contribution is -0.139. The molecule has 0 aromatic carbocycles. The third-order valence-corrected chi connectivity index (χ3v) is 5.26. The number of aliphatic carboxylic acids is 1. The van der Waals surface area contributed by atoms with Crippen LogP contribution in [0.25, 0.3) is 0 Å². The average Bonchev–Trinajstić information content (AvgIpc) is 3.16. The number of likely N-dealkylation sites (N-methyl/N-ethyl adjacent to an activating group) is 1. The summed E-state index contributed by atoms with van der Waals surface area (Å²) < 4.78 is 1.95. The summed E-state index contributed by atoms with van der Waals surface area (Å²) in [6, 6.07) is 0.631. The van der Waals surface area contributed by atoms with E-state index >= 15 is 0 Å². The van der Waals surface area contributed by atoms with E-state index in [0.29, 0.717) is 13.1 Å². The van der Waals surface area contributed by atoms with E-state index in [-0.39, 0.29) is 30.7 Å². The Balaban J connectivity index is 1.43. The average molecular weight is 349 g/mol. The lowest BCUT2D eigenvalue weighted by atomic mass is 9.85. The van der Waals surface area contributed by atoms with Crippen LogP contribution in [0.1, 0.15) is 37.8 Å². The maximum atomic E-state index is 12.4. The summed E-state index contributed by atoms with van der Waals surface area (Å²) in [5.74, 6) is -0.800. The van der Waals surface area contributed by atoms with Crippen molar-refractivity contribution < 1.29 is 14.7 Å². The molecule has 1 aromatic heterocycles. The van der Waals surface area contributed by atoms with Crippen molar-refractivity contribution in [3.8, 4) is 0 Å². The minimum Gasteiger partial charge on any atom is -0.480 e. The molecule has 8 nitrogen and oxygen atoms in total. The summed E-state index contributed by atoms with van der Waals surface area (Å²) >= 11 is 0. The molecule has 8 heteroatoms. The standard InChI is InChI=1S/C17H27N5O3/c1-3-20(11-16(23)24)15-6-13(7-15)19-17(25)21-5-4-14(10-21)22-9-12(2)8-18-22/h8-9,13-15H,3-7,10-11H2,1-2H3,(H,19,25)(H,23,24). The van der Waals surface area contributed by atoms with E-state index in [2.05, 4.69) is 10.4 Å². The summed E-state index contributed by atoms with van der Waals surface area (Å²) in [6.07, 6.45) is 6.42. The molecule has 2 N–H and O–H groups in total. The Kier molecular flexibility index (Phi) is 5.27. The monoisotopic (exact) mass is 349 g/mol. The van der Waals surface area contributed by atoms with Crippen LogP contribution in [0.15, 0.2) is 12.4 Å². The number of hydrogen-bond donors (Lipinski definition) is 2. The SMILES string of the molecule is CCN(CC(=O)O)C1CC(NC(=O)N2CCC(n3cc(C)cn3)C2)C1. The number of carboxylic acid groups (broad SMARTS) is 1. The maximum absolute atomic E-state index is 12.4. The van der Waals surface area contributed by atoms with Crippen molar-refractivity contribution in [1.82, 2.24) is 24.9 Å². The Bertz CT molecular complexity index is 626. The molecule has 0 spiro atoms. The lowest BCUT2D eigenvalue weighted by Gasteiger charge is -2.42. The largest absolute Gasteiger partial charge is 0.480 e. The van der Waals surface area contributed by atoms with Crippen LogP contribution in [0.3, 0.4) is 0 Å². The van der Waals surface area contributed by atoms with Gasteiger partial charge in [0.15, 0.2) is 0 Å². The number of nitrogens with one attached hydrogen (secondary N) is 1. The van der Waals surface area contributed by atoms with E-state index in [1.807, 2.05) is 40.7 Å². The lowest BCUT2D eigenvalue weighted by Crippen LogP contribution is -2.56. The van der Waals surface area contributed by atoms with Crippen molar-refractivity contribution in [2.45, 2.75) is 51.2 Å². The second kappa shape index (κ2) is 7.43. The molecule has 2 heterocycles. The second-order valence-corrected chi connectivity index (χ2v) is 7.11. The van der Waals surface area contributed by atoms with Gasteiger partial charge in [0.05, 0.1) is 18.8 Å². The number of carbonyl (C=O) groups is 2. The van der Waals surface area contributed by atoms with Gasteiger partial charge < -0.3 is 15.3 Å². The van der Waals surface area contributed by atoms with Gasteiger partial charge in [-0.05, 0) is 38.3 Å². The van der Waals surface area contributed by atoms with Crippen LogP contribution in [0.4, 0.5) is 4.79 Å². The van der Waals surface area contributed by atoms with Gasteiger partial charge in [0, 0.05) is 31.4 Å². The van der Waals surface area contributed by atoms with Crippen molar-refractivity contribution in [1.29, 1.82) is 0 Å². The zero-order valence-electron chi connectivity index (χ0n) is 14.9. The predicted octanol–water partition coefficient (Wildman–Crippen LogP) is 1.09. The number of hydrogen-bond acceptors (Lipinski definition) is 4. The topological polar surface area (TPSA) is 90.7 Å². The molecule has 25 heavy (non-hydrogen) atoms. The number of likely N-dealkylation sites (tertiary alicyclic amines) is 1. The summed E-state index contributed by atoms with van der Waals surface area (Å²) in [5, 5.41) is 16.4. The molecule has 0 bridgehead atoms. The van der Waals surface area contributed by atoms with E-state index in [9.17, 15) is 9.59 Å². The normalized spacial score (nSPS) is 25.9. The molecule has 2 aliphatic rings. The van der Waals surface area contributed by atoms with Crippen LogP contribution in [0, 0.1) is 6.92 Å². The number of rotatable bonds is 6. The molecule has 3 rings (SSSR count). The number of amides is 2. The first-order valence-electron chi connectivity index (χ1n) is 8.98. The first-order chi connectivity index (χ1) is 12.0. The van der Waals surface area contributed by atoms with Crippen molar-refractivity contribution in [2.75, 3.05) is 26.2 Å². The maximum Gasteiger partial charge on any atom is 0.317 e.